The normalized spacial score (nSPS) is 16.8. The minimum Gasteiger partial charge on any atom is -0.388 e. The number of nitrogens with zero attached hydrogens (tertiary/aromatic N) is 3. The highest BCUT2D eigenvalue weighted by Crippen LogP contribution is 2.26. The summed E-state index contributed by atoms with van der Waals surface area (Å²) in [6.45, 7) is 2.77. The third-order valence-electron chi connectivity index (χ3n) is 5.84. The molecule has 4 rings (SSSR count). The zero-order chi connectivity index (χ0) is 22.0. The molecule has 1 unspecified atom stereocenters. The second kappa shape index (κ2) is 8.47. The number of benzene rings is 1. The van der Waals surface area contributed by atoms with Crippen molar-refractivity contribution in [3.05, 3.63) is 66.2 Å². The van der Waals surface area contributed by atoms with Crippen molar-refractivity contribution in [1.82, 2.24) is 19.8 Å². The molecule has 2 N–H and O–H groups in total. The van der Waals surface area contributed by atoms with Gasteiger partial charge in [0.2, 0.25) is 5.91 Å². The molecule has 0 radical (unpaired) electrons. The predicted molar refractivity (Wildman–Crippen MR) is 114 cm³/mol. The SMILES string of the molecule is CC(NC(=O)c1ccccc1F)C(=O)N1CCC(O)(Cn2ccc3ncccc32)CC1. The summed E-state index contributed by atoms with van der Waals surface area (Å²) >= 11 is 0. The van der Waals surface area contributed by atoms with Crippen LogP contribution in [-0.4, -0.2) is 56.1 Å². The number of pyridine rings is 1. The number of carbonyl (C=O) groups excluding carboxylic acids is 2. The summed E-state index contributed by atoms with van der Waals surface area (Å²) in [6.07, 6.45) is 4.49. The van der Waals surface area contributed by atoms with Gasteiger partial charge in [0.1, 0.15) is 11.9 Å². The van der Waals surface area contributed by atoms with Gasteiger partial charge in [-0.15, -0.1) is 0 Å². The average Bonchev–Trinajstić information content (AvgIpc) is 3.16. The first-order valence-corrected chi connectivity index (χ1v) is 10.3. The molecule has 8 heteroatoms. The highest BCUT2D eigenvalue weighted by Gasteiger charge is 2.36. The molecular formula is C23H25FN4O3. The molecule has 1 aliphatic rings. The summed E-state index contributed by atoms with van der Waals surface area (Å²) in [6, 6.07) is 10.6. The van der Waals surface area contributed by atoms with Crippen molar-refractivity contribution in [2.75, 3.05) is 13.1 Å². The van der Waals surface area contributed by atoms with Crippen molar-refractivity contribution in [3.8, 4) is 0 Å². The molecule has 3 aromatic rings. The second-order valence-corrected chi connectivity index (χ2v) is 8.08. The summed E-state index contributed by atoms with van der Waals surface area (Å²) in [5.74, 6) is -1.50. The molecule has 0 saturated carbocycles. The Labute approximate surface area is 179 Å². The Kier molecular flexibility index (Phi) is 5.73. The number of carbonyl (C=O) groups is 2. The minimum atomic E-state index is -0.932. The van der Waals surface area contributed by atoms with Crippen LogP contribution in [0.4, 0.5) is 4.39 Å². The number of hydrogen-bond acceptors (Lipinski definition) is 4. The third-order valence-corrected chi connectivity index (χ3v) is 5.84. The molecule has 31 heavy (non-hydrogen) atoms. The van der Waals surface area contributed by atoms with Crippen molar-refractivity contribution in [2.45, 2.75) is 38.0 Å². The number of amides is 2. The zero-order valence-corrected chi connectivity index (χ0v) is 17.3. The van der Waals surface area contributed by atoms with Crippen LogP contribution < -0.4 is 5.32 Å². The van der Waals surface area contributed by atoms with Gasteiger partial charge >= 0.3 is 0 Å². The first kappa shape index (κ1) is 21.0. The van der Waals surface area contributed by atoms with Crippen molar-refractivity contribution in [3.63, 3.8) is 0 Å². The Bertz CT molecular complexity index is 1100. The Morgan fingerprint density at radius 2 is 1.94 bits per heavy atom. The topological polar surface area (TPSA) is 87.5 Å². The number of aliphatic hydroxyl groups is 1. The van der Waals surface area contributed by atoms with Crippen LogP contribution in [0.25, 0.3) is 11.0 Å². The molecule has 3 heterocycles. The van der Waals surface area contributed by atoms with Crippen LogP contribution in [0, 0.1) is 5.82 Å². The number of fused-ring (bicyclic) bond motifs is 1. The molecule has 0 bridgehead atoms. The van der Waals surface area contributed by atoms with Crippen LogP contribution in [0.3, 0.4) is 0 Å². The van der Waals surface area contributed by atoms with Crippen molar-refractivity contribution in [2.24, 2.45) is 0 Å². The number of piperidine rings is 1. The molecule has 162 valence electrons. The van der Waals surface area contributed by atoms with Crippen LogP contribution in [0.1, 0.15) is 30.1 Å². The van der Waals surface area contributed by atoms with Crippen molar-refractivity contribution in [1.29, 1.82) is 0 Å². The van der Waals surface area contributed by atoms with Gasteiger partial charge in [-0.2, -0.15) is 0 Å². The smallest absolute Gasteiger partial charge is 0.254 e. The Morgan fingerprint density at radius 1 is 1.19 bits per heavy atom. The highest BCUT2D eigenvalue weighted by molar-refractivity contribution is 5.97. The largest absolute Gasteiger partial charge is 0.388 e. The van der Waals surface area contributed by atoms with Gasteiger partial charge in [0.25, 0.3) is 5.91 Å². The maximum absolute atomic E-state index is 13.8. The Balaban J connectivity index is 1.35. The fourth-order valence-corrected chi connectivity index (χ4v) is 4.03. The molecule has 0 spiro atoms. The fraction of sp³-hybridized carbons (Fsp3) is 0.348. The lowest BCUT2D eigenvalue weighted by Gasteiger charge is -2.39. The lowest BCUT2D eigenvalue weighted by atomic mass is 9.91. The van der Waals surface area contributed by atoms with Crippen LogP contribution in [0.5, 0.6) is 0 Å². The molecule has 1 atom stereocenters. The van der Waals surface area contributed by atoms with Crippen LogP contribution in [0.15, 0.2) is 54.9 Å². The van der Waals surface area contributed by atoms with E-state index in [4.69, 9.17) is 0 Å². The first-order valence-electron chi connectivity index (χ1n) is 10.3. The Morgan fingerprint density at radius 3 is 2.68 bits per heavy atom. The summed E-state index contributed by atoms with van der Waals surface area (Å²) in [4.78, 5) is 31.0. The van der Waals surface area contributed by atoms with E-state index in [1.165, 1.54) is 18.2 Å². The maximum atomic E-state index is 13.8. The summed E-state index contributed by atoms with van der Waals surface area (Å²) in [5, 5.41) is 13.6. The highest BCUT2D eigenvalue weighted by atomic mass is 19.1. The van der Waals surface area contributed by atoms with Crippen molar-refractivity contribution < 1.29 is 19.1 Å². The van der Waals surface area contributed by atoms with Gasteiger partial charge in [-0.05, 0) is 50.1 Å². The van der Waals surface area contributed by atoms with E-state index in [0.29, 0.717) is 32.5 Å². The molecule has 2 amide bonds. The van der Waals surface area contributed by atoms with E-state index >= 15 is 0 Å². The van der Waals surface area contributed by atoms with E-state index in [-0.39, 0.29) is 11.5 Å². The number of likely N-dealkylation sites (tertiary alicyclic amines) is 1. The lowest BCUT2D eigenvalue weighted by molar-refractivity contribution is -0.137. The van der Waals surface area contributed by atoms with Gasteiger partial charge in [-0.3, -0.25) is 14.6 Å². The number of aromatic nitrogens is 2. The van der Waals surface area contributed by atoms with Gasteiger partial charge < -0.3 is 19.9 Å². The molecule has 0 aliphatic carbocycles. The molecule has 2 aromatic heterocycles. The van der Waals surface area contributed by atoms with Gasteiger partial charge in [-0.25, -0.2) is 4.39 Å². The van der Waals surface area contributed by atoms with Gasteiger partial charge in [0, 0.05) is 25.5 Å². The number of nitrogens with one attached hydrogen (secondary N) is 1. The van der Waals surface area contributed by atoms with E-state index in [2.05, 4.69) is 10.3 Å². The number of hydrogen-bond donors (Lipinski definition) is 2. The Hall–Kier alpha value is -3.26. The number of rotatable bonds is 5. The van der Waals surface area contributed by atoms with E-state index in [9.17, 15) is 19.1 Å². The minimum absolute atomic E-state index is 0.0939. The van der Waals surface area contributed by atoms with E-state index in [0.717, 1.165) is 11.0 Å². The third kappa shape index (κ3) is 4.44. The zero-order valence-electron chi connectivity index (χ0n) is 17.3. The lowest BCUT2D eigenvalue weighted by Crippen LogP contribution is -2.53. The summed E-state index contributed by atoms with van der Waals surface area (Å²) < 4.78 is 15.8. The second-order valence-electron chi connectivity index (χ2n) is 8.08. The molecule has 1 aliphatic heterocycles. The molecular weight excluding hydrogens is 399 g/mol. The average molecular weight is 424 g/mol. The van der Waals surface area contributed by atoms with E-state index in [1.54, 1.807) is 24.1 Å². The van der Waals surface area contributed by atoms with Gasteiger partial charge in [-0.1, -0.05) is 12.1 Å². The first-order chi connectivity index (χ1) is 14.9. The van der Waals surface area contributed by atoms with E-state index < -0.39 is 23.4 Å². The predicted octanol–water partition coefficient (Wildman–Crippen LogP) is 2.35. The van der Waals surface area contributed by atoms with E-state index in [1.807, 2.05) is 29.0 Å². The van der Waals surface area contributed by atoms with Crippen LogP contribution >= 0.6 is 0 Å². The van der Waals surface area contributed by atoms with Crippen molar-refractivity contribution >= 4 is 22.8 Å². The maximum Gasteiger partial charge on any atom is 0.254 e. The molecule has 1 saturated heterocycles. The summed E-state index contributed by atoms with van der Waals surface area (Å²) in [7, 11) is 0. The van der Waals surface area contributed by atoms with Crippen LogP contribution in [0.2, 0.25) is 0 Å². The summed E-state index contributed by atoms with van der Waals surface area (Å²) in [5.41, 5.74) is 0.804. The monoisotopic (exact) mass is 424 g/mol. The molecule has 1 fully saturated rings. The van der Waals surface area contributed by atoms with Gasteiger partial charge in [0.15, 0.2) is 0 Å². The molecule has 1 aromatic carbocycles. The van der Waals surface area contributed by atoms with Gasteiger partial charge in [0.05, 0.1) is 28.7 Å². The number of halogens is 1. The fourth-order valence-electron chi connectivity index (χ4n) is 4.03. The molecule has 7 nitrogen and oxygen atoms in total. The quantitative estimate of drug-likeness (QED) is 0.658. The van der Waals surface area contributed by atoms with Crippen LogP contribution in [-0.2, 0) is 11.3 Å². The standard InChI is InChI=1S/C23H25FN4O3/c1-16(26-21(29)17-5-2-3-6-18(17)24)22(30)27-13-9-23(31,10-14-27)15-28-12-8-19-20(28)7-4-11-25-19/h2-8,11-12,16,31H,9-10,13-15H2,1H3,(H,26,29).